The van der Waals surface area contributed by atoms with Crippen molar-refractivity contribution in [1.82, 2.24) is 15.2 Å². The van der Waals surface area contributed by atoms with Gasteiger partial charge in [-0.1, -0.05) is 0 Å². The van der Waals surface area contributed by atoms with E-state index in [1.165, 1.54) is 6.07 Å². The lowest BCUT2D eigenvalue weighted by atomic mass is 10.1. The number of rotatable bonds is 1. The molecule has 0 spiro atoms. The molecule has 0 aliphatic rings. The summed E-state index contributed by atoms with van der Waals surface area (Å²) in [5.41, 5.74) is 1.97. The molecule has 0 bridgehead atoms. The fraction of sp³-hybridized carbons (Fsp3) is 0. The number of furan rings is 2. The van der Waals surface area contributed by atoms with Crippen molar-refractivity contribution < 1.29 is 13.9 Å². The van der Waals surface area contributed by atoms with E-state index in [0.717, 1.165) is 5.39 Å². The number of H-pyrrole nitrogens is 2. The highest BCUT2D eigenvalue weighted by Gasteiger charge is 2.22. The monoisotopic (exact) mass is 307 g/mol. The van der Waals surface area contributed by atoms with Gasteiger partial charge in [0.2, 0.25) is 11.2 Å². The average Bonchev–Trinajstić information content (AvgIpc) is 3.27. The van der Waals surface area contributed by atoms with Crippen LogP contribution >= 0.6 is 0 Å². The van der Waals surface area contributed by atoms with Gasteiger partial charge in [0.05, 0.1) is 22.6 Å². The van der Waals surface area contributed by atoms with Crippen LogP contribution in [0.5, 0.6) is 5.75 Å². The van der Waals surface area contributed by atoms with Crippen molar-refractivity contribution in [3.63, 3.8) is 0 Å². The van der Waals surface area contributed by atoms with Crippen LogP contribution in [-0.4, -0.2) is 20.3 Å². The van der Waals surface area contributed by atoms with E-state index in [-0.39, 0.29) is 5.58 Å². The fourth-order valence-electron chi connectivity index (χ4n) is 2.89. The summed E-state index contributed by atoms with van der Waals surface area (Å²) in [7, 11) is 0. The van der Waals surface area contributed by atoms with E-state index < -0.39 is 11.2 Å². The normalized spacial score (nSPS) is 11.8. The number of hydrogen-bond donors (Lipinski definition) is 3. The zero-order valence-electron chi connectivity index (χ0n) is 11.6. The van der Waals surface area contributed by atoms with Gasteiger partial charge in [0.25, 0.3) is 0 Å². The summed E-state index contributed by atoms with van der Waals surface area (Å²) in [6, 6.07) is 6.49. The lowest BCUT2D eigenvalue weighted by Crippen LogP contribution is -1.95. The first-order valence-electron chi connectivity index (χ1n) is 6.92. The van der Waals surface area contributed by atoms with Gasteiger partial charge in [0.15, 0.2) is 16.8 Å². The molecule has 112 valence electrons. The second-order valence-electron chi connectivity index (χ2n) is 5.21. The molecule has 4 aromatic heterocycles. The van der Waals surface area contributed by atoms with Gasteiger partial charge in [-0.2, -0.15) is 0 Å². The van der Waals surface area contributed by atoms with Crippen LogP contribution in [0.2, 0.25) is 0 Å². The third kappa shape index (κ3) is 1.48. The molecular weight excluding hydrogens is 298 g/mol. The molecule has 0 unspecified atom stereocenters. The molecule has 0 atom stereocenters. The molecule has 3 N–H and O–H groups in total. The van der Waals surface area contributed by atoms with E-state index in [9.17, 15) is 9.90 Å². The Kier molecular flexibility index (Phi) is 2.12. The number of phenols is 1. The number of nitrogens with zero attached hydrogens (tertiary/aromatic N) is 1. The average molecular weight is 307 g/mol. The molecule has 0 saturated carbocycles. The number of aromatic amines is 2. The first-order valence-corrected chi connectivity index (χ1v) is 6.92. The van der Waals surface area contributed by atoms with Crippen LogP contribution in [0.1, 0.15) is 0 Å². The van der Waals surface area contributed by atoms with Crippen LogP contribution in [0, 0.1) is 0 Å². The fourth-order valence-corrected chi connectivity index (χ4v) is 2.89. The standard InChI is InChI=1S/C16H9N3O4/c20-9-4-3-7-12-15(23-14(7)13(9)21)11(10-2-1-5-22-10)8-6-17-19-16(8)18-12/h1-6,21H,(H2,17,18,19). The molecule has 23 heavy (non-hydrogen) atoms. The molecule has 0 saturated heterocycles. The Hall–Kier alpha value is -3.48. The Labute approximate surface area is 127 Å². The highest BCUT2D eigenvalue weighted by Crippen LogP contribution is 2.40. The van der Waals surface area contributed by atoms with Crippen molar-refractivity contribution in [2.24, 2.45) is 0 Å². The molecule has 1 aromatic carbocycles. The van der Waals surface area contributed by atoms with Crippen molar-refractivity contribution in [3.8, 4) is 17.1 Å². The summed E-state index contributed by atoms with van der Waals surface area (Å²) in [4.78, 5) is 16.2. The van der Waals surface area contributed by atoms with Crippen LogP contribution in [0.25, 0.3) is 44.4 Å². The highest BCUT2D eigenvalue weighted by atomic mass is 16.4. The number of phenolic OH excluding ortho intramolecular Hbond substituents is 1. The quantitative estimate of drug-likeness (QED) is 0.441. The zero-order valence-corrected chi connectivity index (χ0v) is 11.6. The third-order valence-electron chi connectivity index (χ3n) is 3.92. The van der Waals surface area contributed by atoms with Crippen molar-refractivity contribution in [3.05, 3.63) is 46.9 Å². The molecule has 0 aliphatic heterocycles. The summed E-state index contributed by atoms with van der Waals surface area (Å²) in [5.74, 6) is 0.192. The van der Waals surface area contributed by atoms with Crippen LogP contribution < -0.4 is 5.43 Å². The second kappa shape index (κ2) is 4.04. The maximum Gasteiger partial charge on any atom is 0.224 e. The van der Waals surface area contributed by atoms with Crippen LogP contribution in [0.15, 0.2) is 50.4 Å². The molecule has 5 aromatic rings. The predicted molar refractivity (Wildman–Crippen MR) is 83.4 cm³/mol. The summed E-state index contributed by atoms with van der Waals surface area (Å²) < 4.78 is 11.3. The van der Waals surface area contributed by atoms with Gasteiger partial charge in [0, 0.05) is 6.20 Å². The largest absolute Gasteiger partial charge is 0.502 e. The summed E-state index contributed by atoms with van der Waals surface area (Å²) in [6.45, 7) is 0. The van der Waals surface area contributed by atoms with Gasteiger partial charge >= 0.3 is 0 Å². The van der Waals surface area contributed by atoms with Gasteiger partial charge in [-0.15, -0.1) is 0 Å². The molecule has 0 aliphatic carbocycles. The second-order valence-corrected chi connectivity index (χ2v) is 5.21. The number of nitrogens with one attached hydrogen (secondary N) is 2. The molecular formula is C16H9N3O4. The molecule has 0 radical (unpaired) electrons. The Morgan fingerprint density at radius 3 is 2.87 bits per heavy atom. The van der Waals surface area contributed by atoms with Crippen LogP contribution in [-0.2, 0) is 0 Å². The van der Waals surface area contributed by atoms with E-state index in [4.69, 9.17) is 8.83 Å². The Balaban J connectivity index is 2.09. The molecule has 4 heterocycles. The number of fused-ring (bicyclic) bond motifs is 4. The topological polar surface area (TPSA) is 108 Å². The van der Waals surface area contributed by atoms with Crippen molar-refractivity contribution in [2.75, 3.05) is 0 Å². The Morgan fingerprint density at radius 1 is 1.13 bits per heavy atom. The minimum Gasteiger partial charge on any atom is -0.502 e. The van der Waals surface area contributed by atoms with Crippen molar-refractivity contribution in [1.29, 1.82) is 0 Å². The third-order valence-corrected chi connectivity index (χ3v) is 3.92. The van der Waals surface area contributed by atoms with E-state index in [0.29, 0.717) is 33.5 Å². The lowest BCUT2D eigenvalue weighted by molar-refractivity contribution is 0.464. The van der Waals surface area contributed by atoms with Crippen LogP contribution in [0.4, 0.5) is 0 Å². The van der Waals surface area contributed by atoms with Gasteiger partial charge in [-0.3, -0.25) is 9.89 Å². The number of aromatic nitrogens is 3. The van der Waals surface area contributed by atoms with Gasteiger partial charge < -0.3 is 19.0 Å². The SMILES string of the molecule is O=c1ccc2c(oc3c(-c4ccco4)c4c[nH][nH]c4nc32)c1O. The zero-order chi connectivity index (χ0) is 15.6. The summed E-state index contributed by atoms with van der Waals surface area (Å²) >= 11 is 0. The summed E-state index contributed by atoms with van der Waals surface area (Å²) in [6.07, 6.45) is 3.32. The maximum absolute atomic E-state index is 11.6. The minimum atomic E-state index is -0.491. The smallest absolute Gasteiger partial charge is 0.224 e. The summed E-state index contributed by atoms with van der Waals surface area (Å²) in [5, 5.41) is 17.2. The van der Waals surface area contributed by atoms with Crippen molar-refractivity contribution >= 4 is 33.1 Å². The number of pyridine rings is 1. The van der Waals surface area contributed by atoms with Gasteiger partial charge in [0.1, 0.15) is 11.3 Å². The highest BCUT2D eigenvalue weighted by molar-refractivity contribution is 6.14. The van der Waals surface area contributed by atoms with E-state index >= 15 is 0 Å². The maximum atomic E-state index is 11.6. The van der Waals surface area contributed by atoms with E-state index in [2.05, 4.69) is 15.2 Å². The molecule has 7 heteroatoms. The molecule has 5 rings (SSSR count). The van der Waals surface area contributed by atoms with E-state index in [1.807, 2.05) is 6.07 Å². The van der Waals surface area contributed by atoms with Crippen LogP contribution in [0.3, 0.4) is 0 Å². The number of aromatic hydroxyl groups is 1. The number of benzene rings is 1. The van der Waals surface area contributed by atoms with Crippen molar-refractivity contribution in [2.45, 2.75) is 0 Å². The Bertz CT molecular complexity index is 1240. The lowest BCUT2D eigenvalue weighted by Gasteiger charge is -2.00. The number of hydrogen-bond acceptors (Lipinski definition) is 5. The van der Waals surface area contributed by atoms with E-state index in [1.54, 1.807) is 24.6 Å². The molecule has 7 nitrogen and oxygen atoms in total. The minimum absolute atomic E-state index is 0.129. The predicted octanol–water partition coefficient (Wildman–Crippen LogP) is 3.12. The molecule has 0 fully saturated rings. The molecule has 0 amide bonds. The Morgan fingerprint density at radius 2 is 2.04 bits per heavy atom. The first kappa shape index (κ1) is 12.1. The van der Waals surface area contributed by atoms with Gasteiger partial charge in [-0.25, -0.2) is 4.98 Å². The van der Waals surface area contributed by atoms with Gasteiger partial charge in [-0.05, 0) is 24.3 Å². The first-order chi connectivity index (χ1) is 11.2.